The van der Waals surface area contributed by atoms with Crippen molar-refractivity contribution in [3.05, 3.63) is 0 Å². The van der Waals surface area contributed by atoms with Gasteiger partial charge < -0.3 is 0 Å². The van der Waals surface area contributed by atoms with Gasteiger partial charge in [0.2, 0.25) is 0 Å². The van der Waals surface area contributed by atoms with Crippen LogP contribution in [0.3, 0.4) is 0 Å². The minimum absolute atomic E-state index is 0. The Morgan fingerprint density at radius 1 is 0.348 bits per heavy atom. The molecule has 0 aliphatic rings. The topological polar surface area (TPSA) is 321 Å². The molecule has 0 unspecified atom stereocenters. The quantitative estimate of drug-likeness (QED) is 0.206. The fraction of sp³-hybridized carbons (Fsp3) is 0. The molecule has 23 heavy (non-hydrogen) atoms. The molecule has 0 amide bonds. The third kappa shape index (κ3) is 988. The van der Waals surface area contributed by atoms with Gasteiger partial charge in [-0.1, -0.05) is 0 Å². The standard InChI is InChI=1S/Ca.4Cr.2La.16O/q+2;;;;;2*+3;;;;;;;;;8*-1. The molecular weight excluding hydrogens is 782 g/mol. The molecule has 0 aromatic heterocycles. The van der Waals surface area contributed by atoms with Gasteiger partial charge in [-0.25, -0.2) is 0 Å². The summed E-state index contributed by atoms with van der Waals surface area (Å²) < 4.78 is 138. The molecule has 0 N–H and O–H groups in total. The van der Waals surface area contributed by atoms with Crippen LogP contribution < -0.4 is 33.3 Å². The molecule has 0 aromatic carbocycles. The van der Waals surface area contributed by atoms with E-state index in [4.69, 9.17) is 63.7 Å². The van der Waals surface area contributed by atoms with Crippen LogP contribution in [-0.2, 0) is 84.9 Å². The van der Waals surface area contributed by atoms with Crippen molar-refractivity contribution < 1.29 is 189 Å². The molecule has 0 heterocycles. The molecule has 0 saturated heterocycles. The van der Waals surface area contributed by atoms with Crippen molar-refractivity contribution in [3.63, 3.8) is 0 Å². The number of hydrogen-bond acceptors (Lipinski definition) is 16. The molecule has 0 bridgehead atoms. The summed E-state index contributed by atoms with van der Waals surface area (Å²) in [5, 5.41) is 0. The van der Waals surface area contributed by atoms with Crippen LogP contribution in [-0.4, -0.2) is 37.7 Å². The van der Waals surface area contributed by atoms with E-state index in [-0.39, 0.29) is 109 Å². The molecule has 0 rings (SSSR count). The minimum atomic E-state index is -5.75. The zero-order valence-electron chi connectivity index (χ0n) is 10.0. The van der Waals surface area contributed by atoms with E-state index in [9.17, 15) is 0 Å². The molecule has 0 aliphatic carbocycles. The predicted molar refractivity (Wildman–Crippen MR) is 11.2 cm³/mol. The molecule has 16 nitrogen and oxygen atoms in total. The van der Waals surface area contributed by atoms with E-state index in [0.717, 1.165) is 0 Å². The Hall–Kier alpha value is 3.86. The zero-order chi connectivity index (χ0) is 18.0. The number of rotatable bonds is 0. The molecule has 128 valence electrons. The third-order valence-corrected chi connectivity index (χ3v) is 0. The van der Waals surface area contributed by atoms with E-state index >= 15 is 0 Å². The van der Waals surface area contributed by atoms with Crippen LogP contribution in [0, 0.1) is 71.2 Å². The van der Waals surface area contributed by atoms with Crippen LogP contribution in [0.25, 0.3) is 0 Å². The Labute approximate surface area is 222 Å². The molecule has 0 saturated carbocycles. The van der Waals surface area contributed by atoms with Crippen LogP contribution in [0.4, 0.5) is 0 Å². The monoisotopic (exact) mass is 781 g/mol. The summed E-state index contributed by atoms with van der Waals surface area (Å²) in [5.41, 5.74) is 0. The summed E-state index contributed by atoms with van der Waals surface area (Å²) in [6.45, 7) is 0. The summed E-state index contributed by atoms with van der Waals surface area (Å²) in [5.74, 6) is 0. The average molecular weight is 782 g/mol. The molecule has 0 aliphatic heterocycles. The molecule has 0 aromatic rings. The summed E-state index contributed by atoms with van der Waals surface area (Å²) in [6.07, 6.45) is 0. The van der Waals surface area contributed by atoms with Gasteiger partial charge >= 0.3 is 227 Å². The van der Waals surface area contributed by atoms with Crippen LogP contribution in [0.5, 0.6) is 0 Å². The molecular formula is CaCr4La2O16. The first kappa shape index (κ1) is 45.5. The Balaban J connectivity index is -0.0000000284. The molecule has 0 radical (unpaired) electrons. The van der Waals surface area contributed by atoms with E-state index in [1.54, 1.807) is 0 Å². The summed E-state index contributed by atoms with van der Waals surface area (Å²) in [4.78, 5) is 0. The van der Waals surface area contributed by atoms with Gasteiger partial charge in [0.1, 0.15) is 0 Å². The van der Waals surface area contributed by atoms with Crippen LogP contribution in [0.1, 0.15) is 0 Å². The van der Waals surface area contributed by atoms with E-state index in [0.29, 0.717) is 0 Å². The van der Waals surface area contributed by atoms with Gasteiger partial charge in [0.15, 0.2) is 0 Å². The molecule has 0 atom stereocenters. The second kappa shape index (κ2) is 20.6. The third-order valence-electron chi connectivity index (χ3n) is 0. The van der Waals surface area contributed by atoms with Gasteiger partial charge in [-0.05, 0) is 0 Å². The predicted octanol–water partition coefficient (Wildman–Crippen LogP) is -10.9. The van der Waals surface area contributed by atoms with Crippen molar-refractivity contribution >= 4 is 37.7 Å². The van der Waals surface area contributed by atoms with E-state index < -0.39 is 54.5 Å². The van der Waals surface area contributed by atoms with Crippen LogP contribution in [0.15, 0.2) is 0 Å². The van der Waals surface area contributed by atoms with E-state index in [1.165, 1.54) is 0 Å². The first-order valence-electron chi connectivity index (χ1n) is 2.67. The summed E-state index contributed by atoms with van der Waals surface area (Å²) >= 11 is -23.0. The van der Waals surface area contributed by atoms with Crippen LogP contribution >= 0.6 is 0 Å². The van der Waals surface area contributed by atoms with Gasteiger partial charge in [0, 0.05) is 0 Å². The Morgan fingerprint density at radius 3 is 0.348 bits per heavy atom. The second-order valence-corrected chi connectivity index (χ2v) is 6.73. The Morgan fingerprint density at radius 2 is 0.348 bits per heavy atom. The average Bonchev–Trinajstić information content (AvgIpc) is 1.62. The summed E-state index contributed by atoms with van der Waals surface area (Å²) in [7, 11) is 0. The molecule has 0 spiro atoms. The normalized spacial score (nSPS) is 10.1. The SMILES string of the molecule is [Ca+2].[La+3].[La+3].[O]=[Cr](=[O])([O-])[O-].[O]=[Cr](=[O])([O-])[O-].[O]=[Cr](=[O])([O-])[O-].[O]=[Cr](=[O])([O-])[O-]. The maximum atomic E-state index is 8.59. The van der Waals surface area contributed by atoms with E-state index in [1.807, 2.05) is 0 Å². The van der Waals surface area contributed by atoms with Crippen molar-refractivity contribution in [1.29, 1.82) is 0 Å². The van der Waals surface area contributed by atoms with Gasteiger partial charge in [-0.2, -0.15) is 0 Å². The zero-order valence-corrected chi connectivity index (χ0v) is 24.6. The fourth-order valence-electron chi connectivity index (χ4n) is 0. The van der Waals surface area contributed by atoms with Gasteiger partial charge in [-0.3, -0.25) is 0 Å². The first-order chi connectivity index (χ1) is 8.00. The van der Waals surface area contributed by atoms with Crippen LogP contribution in [0.2, 0.25) is 0 Å². The molecule has 0 fully saturated rings. The van der Waals surface area contributed by atoms with Gasteiger partial charge in [0.25, 0.3) is 0 Å². The first-order valence-corrected chi connectivity index (χ1v) is 11.0. The summed E-state index contributed by atoms with van der Waals surface area (Å²) in [6, 6.07) is 0. The van der Waals surface area contributed by atoms with Gasteiger partial charge in [-0.15, -0.1) is 0 Å². The van der Waals surface area contributed by atoms with Crippen molar-refractivity contribution in [3.8, 4) is 0 Å². The fourth-order valence-corrected chi connectivity index (χ4v) is 0. The molecule has 23 heteroatoms. The van der Waals surface area contributed by atoms with Gasteiger partial charge in [0.05, 0.1) is 0 Å². The van der Waals surface area contributed by atoms with Crippen molar-refractivity contribution in [2.75, 3.05) is 0 Å². The van der Waals surface area contributed by atoms with E-state index in [2.05, 4.69) is 0 Å². The number of hydrogen-bond donors (Lipinski definition) is 0. The second-order valence-electron chi connectivity index (χ2n) is 1.63. The Kier molecular flexibility index (Phi) is 40.8. The van der Waals surface area contributed by atoms with Crippen molar-refractivity contribution in [1.82, 2.24) is 0 Å². The van der Waals surface area contributed by atoms with Crippen molar-refractivity contribution in [2.24, 2.45) is 0 Å². The Bertz CT molecular complexity index is 483. The maximum absolute atomic E-state index is 8.59. The van der Waals surface area contributed by atoms with Crippen molar-refractivity contribution in [2.45, 2.75) is 0 Å².